The minimum Gasteiger partial charge on any atom is -0.457 e. The van der Waals surface area contributed by atoms with Gasteiger partial charge in [-0.2, -0.15) is 0 Å². The third-order valence-electron chi connectivity index (χ3n) is 4.51. The number of ether oxygens (including phenoxy) is 1. The molecule has 0 saturated heterocycles. The molecule has 1 saturated carbocycles. The molecule has 0 radical (unpaired) electrons. The summed E-state index contributed by atoms with van der Waals surface area (Å²) in [4.78, 5) is 12.6. The normalized spacial score (nSPS) is 19.0. The van der Waals surface area contributed by atoms with Crippen LogP contribution in [0.15, 0.2) is 22.6 Å². The van der Waals surface area contributed by atoms with Gasteiger partial charge in [-0.25, -0.2) is 0 Å². The van der Waals surface area contributed by atoms with E-state index in [1.54, 1.807) is 0 Å². The molecule has 2 bridgehead atoms. The lowest BCUT2D eigenvalue weighted by atomic mass is 9.79. The van der Waals surface area contributed by atoms with E-state index in [4.69, 9.17) is 9.15 Å². The van der Waals surface area contributed by atoms with Gasteiger partial charge in [-0.3, -0.25) is 4.79 Å². The number of hydrogen-bond acceptors (Lipinski definition) is 3. The topological polar surface area (TPSA) is 39.4 Å². The first-order valence-corrected chi connectivity index (χ1v) is 9.11. The van der Waals surface area contributed by atoms with Crippen LogP contribution < -0.4 is 0 Å². The molecular formula is C17H21IO3. The molecule has 3 nitrogen and oxygen atoms in total. The molecular weight excluding hydrogens is 379 g/mol. The molecule has 0 aliphatic heterocycles. The van der Waals surface area contributed by atoms with Gasteiger partial charge in [-0.1, -0.05) is 29.0 Å². The van der Waals surface area contributed by atoms with Gasteiger partial charge in [-0.15, -0.1) is 0 Å². The summed E-state index contributed by atoms with van der Waals surface area (Å²) in [6.07, 6.45) is 5.21. The van der Waals surface area contributed by atoms with Gasteiger partial charge in [0, 0.05) is 9.99 Å². The van der Waals surface area contributed by atoms with Crippen molar-refractivity contribution in [2.45, 2.75) is 51.6 Å². The van der Waals surface area contributed by atoms with Gasteiger partial charge in [0.1, 0.15) is 16.8 Å². The summed E-state index contributed by atoms with van der Waals surface area (Å²) in [6.45, 7) is 3.90. The zero-order chi connectivity index (χ0) is 15.1. The van der Waals surface area contributed by atoms with Crippen molar-refractivity contribution < 1.29 is 13.9 Å². The smallest absolute Gasteiger partial charge is 0.313 e. The monoisotopic (exact) mass is 400 g/mol. The minimum absolute atomic E-state index is 0.1000. The standard InChI is InChI=1S/C17H21IO3/c1-16(2,11-18)15(19)21-17(8-4-3-5-9-17)13-10-12-6-7-14(13)20-12/h6-7,10H,3-5,8-9,11H2,1-2H3. The highest BCUT2D eigenvalue weighted by atomic mass is 127. The third-order valence-corrected chi connectivity index (χ3v) is 6.41. The first kappa shape index (κ1) is 15.1. The second-order valence-electron chi connectivity index (χ2n) is 6.72. The maximum Gasteiger partial charge on any atom is 0.313 e. The molecule has 2 aromatic rings. The summed E-state index contributed by atoms with van der Waals surface area (Å²) in [7, 11) is 0. The van der Waals surface area contributed by atoms with Crippen LogP contribution in [0.1, 0.15) is 51.5 Å². The van der Waals surface area contributed by atoms with Crippen LogP contribution in [-0.2, 0) is 15.1 Å². The predicted octanol–water partition coefficient (Wildman–Crippen LogP) is 5.03. The predicted molar refractivity (Wildman–Crippen MR) is 90.9 cm³/mol. The Kier molecular flexibility index (Phi) is 3.93. The van der Waals surface area contributed by atoms with E-state index in [-0.39, 0.29) is 5.97 Å². The Morgan fingerprint density at radius 2 is 2.05 bits per heavy atom. The van der Waals surface area contributed by atoms with Crippen molar-refractivity contribution in [3.05, 3.63) is 23.8 Å². The van der Waals surface area contributed by atoms with Crippen molar-refractivity contribution in [2.24, 2.45) is 5.41 Å². The Hall–Kier alpha value is -0.780. The van der Waals surface area contributed by atoms with Gasteiger partial charge in [-0.05, 0) is 57.7 Å². The molecule has 1 aliphatic rings. The molecule has 1 aliphatic carbocycles. The average Bonchev–Trinajstić information content (AvgIpc) is 3.11. The first-order chi connectivity index (χ1) is 9.97. The van der Waals surface area contributed by atoms with Crippen LogP contribution >= 0.6 is 22.6 Å². The Morgan fingerprint density at radius 3 is 2.57 bits per heavy atom. The van der Waals surface area contributed by atoms with Crippen molar-refractivity contribution in [2.75, 3.05) is 4.43 Å². The van der Waals surface area contributed by atoms with Crippen LogP contribution in [0.25, 0.3) is 11.2 Å². The van der Waals surface area contributed by atoms with Crippen molar-refractivity contribution in [1.29, 1.82) is 0 Å². The maximum absolute atomic E-state index is 12.6. The maximum atomic E-state index is 12.6. The van der Waals surface area contributed by atoms with Gasteiger partial charge >= 0.3 is 5.97 Å². The number of carbonyl (C=O) groups is 1. The van der Waals surface area contributed by atoms with Gasteiger partial charge in [0.25, 0.3) is 0 Å². The number of benzene rings is 1. The Balaban J connectivity index is 1.94. The van der Waals surface area contributed by atoms with E-state index in [1.165, 1.54) is 6.42 Å². The molecule has 4 heteroatoms. The van der Waals surface area contributed by atoms with E-state index < -0.39 is 11.0 Å². The van der Waals surface area contributed by atoms with Gasteiger partial charge in [0.15, 0.2) is 0 Å². The molecule has 1 fully saturated rings. The van der Waals surface area contributed by atoms with E-state index >= 15 is 0 Å². The third kappa shape index (κ3) is 2.67. The molecule has 114 valence electrons. The van der Waals surface area contributed by atoms with E-state index in [0.717, 1.165) is 46.8 Å². The summed E-state index contributed by atoms with van der Waals surface area (Å²) in [5, 5.41) is 0. The largest absolute Gasteiger partial charge is 0.457 e. The number of furan rings is 2. The zero-order valence-electron chi connectivity index (χ0n) is 12.6. The van der Waals surface area contributed by atoms with Crippen LogP contribution in [-0.4, -0.2) is 10.4 Å². The van der Waals surface area contributed by atoms with Crippen LogP contribution in [0, 0.1) is 5.41 Å². The van der Waals surface area contributed by atoms with Crippen LogP contribution in [0.4, 0.5) is 0 Å². The second-order valence-corrected chi connectivity index (χ2v) is 7.48. The molecule has 0 N–H and O–H groups in total. The lowest BCUT2D eigenvalue weighted by Crippen LogP contribution is -2.40. The van der Waals surface area contributed by atoms with Crippen LogP contribution in [0.3, 0.4) is 0 Å². The SMILES string of the molecule is CC(C)(CI)C(=O)OC1(c2cc3ccc2o3)CCCCC1. The number of halogens is 1. The summed E-state index contributed by atoms with van der Waals surface area (Å²) in [5.74, 6) is -0.1000. The highest BCUT2D eigenvalue weighted by molar-refractivity contribution is 14.1. The first-order valence-electron chi connectivity index (χ1n) is 7.59. The quantitative estimate of drug-likeness (QED) is 0.410. The Bertz CT molecular complexity index is 622. The number of rotatable bonds is 4. The molecule has 2 heterocycles. The molecule has 21 heavy (non-hydrogen) atoms. The molecule has 0 atom stereocenters. The Labute approximate surface area is 138 Å². The van der Waals surface area contributed by atoms with Crippen molar-refractivity contribution >= 4 is 39.7 Å². The summed E-state index contributed by atoms with van der Waals surface area (Å²) >= 11 is 2.25. The fourth-order valence-electron chi connectivity index (χ4n) is 3.06. The minimum atomic E-state index is -0.486. The summed E-state index contributed by atoms with van der Waals surface area (Å²) < 4.78 is 12.6. The molecule has 0 unspecified atom stereocenters. The van der Waals surface area contributed by atoms with Crippen LogP contribution in [0.5, 0.6) is 0 Å². The number of carbonyl (C=O) groups excluding carboxylic acids is 1. The molecule has 0 aromatic carbocycles. The summed E-state index contributed by atoms with van der Waals surface area (Å²) in [5.41, 5.74) is 1.87. The number of fused-ring (bicyclic) bond motifs is 2. The fraction of sp³-hybridized carbons (Fsp3) is 0.588. The van der Waals surface area contributed by atoms with Crippen molar-refractivity contribution in [3.63, 3.8) is 0 Å². The molecule has 0 amide bonds. The lowest BCUT2D eigenvalue weighted by molar-refractivity contribution is -0.174. The van der Waals surface area contributed by atoms with Gasteiger partial charge in [0.2, 0.25) is 0 Å². The lowest BCUT2D eigenvalue weighted by Gasteiger charge is -2.38. The average molecular weight is 400 g/mol. The highest BCUT2D eigenvalue weighted by Gasteiger charge is 2.43. The van der Waals surface area contributed by atoms with Gasteiger partial charge < -0.3 is 9.15 Å². The second kappa shape index (κ2) is 5.45. The fourth-order valence-corrected chi connectivity index (χ4v) is 3.38. The molecule has 3 rings (SSSR count). The zero-order valence-corrected chi connectivity index (χ0v) is 14.7. The van der Waals surface area contributed by atoms with E-state index in [2.05, 4.69) is 22.6 Å². The number of esters is 1. The van der Waals surface area contributed by atoms with Crippen LogP contribution in [0.2, 0.25) is 0 Å². The number of hydrogen-bond donors (Lipinski definition) is 0. The van der Waals surface area contributed by atoms with E-state index in [1.807, 2.05) is 32.0 Å². The highest BCUT2D eigenvalue weighted by Crippen LogP contribution is 2.45. The molecule has 0 spiro atoms. The van der Waals surface area contributed by atoms with E-state index in [0.29, 0.717) is 0 Å². The van der Waals surface area contributed by atoms with E-state index in [9.17, 15) is 4.79 Å². The Morgan fingerprint density at radius 1 is 1.33 bits per heavy atom. The summed E-state index contributed by atoms with van der Waals surface area (Å²) in [6, 6.07) is 6.00. The molecule has 2 aromatic heterocycles. The van der Waals surface area contributed by atoms with Crippen molar-refractivity contribution in [1.82, 2.24) is 0 Å². The van der Waals surface area contributed by atoms with Gasteiger partial charge in [0.05, 0.1) is 5.41 Å². The van der Waals surface area contributed by atoms with Crippen molar-refractivity contribution in [3.8, 4) is 0 Å². The number of alkyl halides is 1.